The standard InChI is InChI=1S/C21H23N3O3S/c1-13(22-19(26)14-7-9-15(10-8-14)21(2,3)4)18(25)24-20-23-16(12-28-20)17-6-5-11-27-17/h5-13H,1-4H3,(H,22,26)(H,23,24,25). The fourth-order valence-electron chi connectivity index (χ4n) is 2.55. The number of hydrogen-bond donors (Lipinski definition) is 2. The summed E-state index contributed by atoms with van der Waals surface area (Å²) in [5.74, 6) is 0.00957. The number of rotatable bonds is 5. The monoisotopic (exact) mass is 397 g/mol. The minimum absolute atomic E-state index is 0.0182. The van der Waals surface area contributed by atoms with E-state index in [9.17, 15) is 9.59 Å². The number of thiazole rings is 1. The summed E-state index contributed by atoms with van der Waals surface area (Å²) in [5.41, 5.74) is 2.33. The number of furan rings is 1. The van der Waals surface area contributed by atoms with E-state index in [1.807, 2.05) is 12.1 Å². The summed E-state index contributed by atoms with van der Waals surface area (Å²) in [6, 6.07) is 10.3. The van der Waals surface area contributed by atoms with Crippen LogP contribution in [0, 0.1) is 0 Å². The molecule has 2 amide bonds. The van der Waals surface area contributed by atoms with Gasteiger partial charge in [-0.05, 0) is 42.2 Å². The Labute approximate surface area is 168 Å². The molecule has 1 aromatic carbocycles. The molecule has 0 saturated heterocycles. The molecule has 0 saturated carbocycles. The highest BCUT2D eigenvalue weighted by Crippen LogP contribution is 2.25. The van der Waals surface area contributed by atoms with Crippen LogP contribution in [0.25, 0.3) is 11.5 Å². The Kier molecular flexibility index (Phi) is 5.65. The molecule has 28 heavy (non-hydrogen) atoms. The normalized spacial score (nSPS) is 12.4. The van der Waals surface area contributed by atoms with Gasteiger partial charge in [-0.1, -0.05) is 32.9 Å². The number of nitrogens with one attached hydrogen (secondary N) is 2. The molecule has 0 radical (unpaired) electrons. The number of amides is 2. The van der Waals surface area contributed by atoms with Crippen molar-refractivity contribution < 1.29 is 14.0 Å². The van der Waals surface area contributed by atoms with Crippen molar-refractivity contribution in [1.29, 1.82) is 0 Å². The molecule has 7 heteroatoms. The first kappa shape index (κ1) is 19.8. The fraction of sp³-hybridized carbons (Fsp3) is 0.286. The van der Waals surface area contributed by atoms with Crippen LogP contribution in [0.1, 0.15) is 43.6 Å². The third-order valence-corrected chi connectivity index (χ3v) is 5.02. The van der Waals surface area contributed by atoms with Crippen LogP contribution in [0.5, 0.6) is 0 Å². The first-order valence-electron chi connectivity index (χ1n) is 8.96. The van der Waals surface area contributed by atoms with Gasteiger partial charge in [-0.25, -0.2) is 4.98 Å². The van der Waals surface area contributed by atoms with Gasteiger partial charge in [0.15, 0.2) is 10.9 Å². The van der Waals surface area contributed by atoms with Gasteiger partial charge >= 0.3 is 0 Å². The van der Waals surface area contributed by atoms with Crippen molar-refractivity contribution in [3.8, 4) is 11.5 Å². The van der Waals surface area contributed by atoms with Crippen LogP contribution in [0.2, 0.25) is 0 Å². The van der Waals surface area contributed by atoms with Gasteiger partial charge in [0.05, 0.1) is 6.26 Å². The van der Waals surface area contributed by atoms with Crippen molar-refractivity contribution in [3.63, 3.8) is 0 Å². The molecule has 0 bridgehead atoms. The summed E-state index contributed by atoms with van der Waals surface area (Å²) in [4.78, 5) is 29.1. The smallest absolute Gasteiger partial charge is 0.251 e. The zero-order valence-corrected chi connectivity index (χ0v) is 17.1. The lowest BCUT2D eigenvalue weighted by Gasteiger charge is -2.19. The summed E-state index contributed by atoms with van der Waals surface area (Å²) in [5, 5.41) is 7.69. The molecule has 0 aliphatic carbocycles. The van der Waals surface area contributed by atoms with Gasteiger partial charge in [-0.3, -0.25) is 9.59 Å². The topological polar surface area (TPSA) is 84.2 Å². The zero-order chi connectivity index (χ0) is 20.3. The Balaban J connectivity index is 1.58. The van der Waals surface area contributed by atoms with E-state index in [2.05, 4.69) is 36.4 Å². The van der Waals surface area contributed by atoms with Gasteiger partial charge < -0.3 is 15.1 Å². The van der Waals surface area contributed by atoms with Gasteiger partial charge in [0, 0.05) is 10.9 Å². The SMILES string of the molecule is CC(NC(=O)c1ccc(C(C)(C)C)cc1)C(=O)Nc1nc(-c2ccco2)cs1. The van der Waals surface area contributed by atoms with Crippen molar-refractivity contribution in [2.24, 2.45) is 0 Å². The van der Waals surface area contributed by atoms with Gasteiger partial charge in [-0.15, -0.1) is 11.3 Å². The molecule has 3 rings (SSSR count). The van der Waals surface area contributed by atoms with Crippen LogP contribution >= 0.6 is 11.3 Å². The maximum Gasteiger partial charge on any atom is 0.251 e. The van der Waals surface area contributed by atoms with E-state index in [1.165, 1.54) is 11.3 Å². The second-order valence-electron chi connectivity index (χ2n) is 7.53. The van der Waals surface area contributed by atoms with Gasteiger partial charge in [-0.2, -0.15) is 0 Å². The molecule has 2 heterocycles. The molecule has 3 aromatic rings. The molecule has 0 aliphatic heterocycles. The van der Waals surface area contributed by atoms with Crippen LogP contribution in [-0.4, -0.2) is 22.8 Å². The molecular weight excluding hydrogens is 374 g/mol. The average Bonchev–Trinajstić information content (AvgIpc) is 3.32. The minimum Gasteiger partial charge on any atom is -0.463 e. The second-order valence-corrected chi connectivity index (χ2v) is 8.39. The minimum atomic E-state index is -0.703. The number of benzene rings is 1. The van der Waals surface area contributed by atoms with E-state index >= 15 is 0 Å². The van der Waals surface area contributed by atoms with Crippen molar-refractivity contribution in [2.75, 3.05) is 5.32 Å². The summed E-state index contributed by atoms with van der Waals surface area (Å²) < 4.78 is 5.29. The molecule has 0 fully saturated rings. The molecule has 6 nitrogen and oxygen atoms in total. The summed E-state index contributed by atoms with van der Waals surface area (Å²) >= 11 is 1.30. The number of carbonyl (C=O) groups excluding carboxylic acids is 2. The summed E-state index contributed by atoms with van der Waals surface area (Å²) in [7, 11) is 0. The van der Waals surface area contributed by atoms with Gasteiger partial charge in [0.2, 0.25) is 5.91 Å². The lowest BCUT2D eigenvalue weighted by molar-refractivity contribution is -0.117. The lowest BCUT2D eigenvalue weighted by atomic mass is 9.86. The summed E-state index contributed by atoms with van der Waals surface area (Å²) in [6.45, 7) is 7.98. The molecule has 146 valence electrons. The molecular formula is C21H23N3O3S. The van der Waals surface area contributed by atoms with E-state index in [1.54, 1.807) is 42.8 Å². The van der Waals surface area contributed by atoms with Gasteiger partial charge in [0.1, 0.15) is 11.7 Å². The molecule has 0 aliphatic rings. The fourth-order valence-corrected chi connectivity index (χ4v) is 3.25. The van der Waals surface area contributed by atoms with E-state index < -0.39 is 6.04 Å². The maximum absolute atomic E-state index is 12.4. The Bertz CT molecular complexity index is 954. The highest BCUT2D eigenvalue weighted by atomic mass is 32.1. The van der Waals surface area contributed by atoms with Gasteiger partial charge in [0.25, 0.3) is 5.91 Å². The molecule has 1 atom stereocenters. The third kappa shape index (κ3) is 4.67. The number of carbonyl (C=O) groups is 2. The Hall–Kier alpha value is -2.93. The number of aromatic nitrogens is 1. The number of anilines is 1. The van der Waals surface area contributed by atoms with Crippen LogP contribution in [0.15, 0.2) is 52.5 Å². The largest absolute Gasteiger partial charge is 0.463 e. The summed E-state index contributed by atoms with van der Waals surface area (Å²) in [6.07, 6.45) is 1.57. The van der Waals surface area contributed by atoms with Crippen LogP contribution in [-0.2, 0) is 10.2 Å². The predicted octanol–water partition coefficient (Wildman–Crippen LogP) is 4.46. The first-order valence-corrected chi connectivity index (χ1v) is 9.83. The molecule has 2 aromatic heterocycles. The quantitative estimate of drug-likeness (QED) is 0.666. The third-order valence-electron chi connectivity index (χ3n) is 4.26. The highest BCUT2D eigenvalue weighted by Gasteiger charge is 2.19. The molecule has 2 N–H and O–H groups in total. The molecule has 1 unspecified atom stereocenters. The average molecular weight is 398 g/mol. The van der Waals surface area contributed by atoms with Crippen LogP contribution in [0.3, 0.4) is 0 Å². The first-order chi connectivity index (χ1) is 13.2. The van der Waals surface area contributed by atoms with E-state index in [4.69, 9.17) is 4.42 Å². The van der Waals surface area contributed by atoms with E-state index in [0.29, 0.717) is 22.1 Å². The van der Waals surface area contributed by atoms with Crippen LogP contribution in [0.4, 0.5) is 5.13 Å². The van der Waals surface area contributed by atoms with Crippen molar-refractivity contribution >= 4 is 28.3 Å². The maximum atomic E-state index is 12.4. The second kappa shape index (κ2) is 7.98. The van der Waals surface area contributed by atoms with E-state index in [0.717, 1.165) is 5.56 Å². The van der Waals surface area contributed by atoms with Crippen molar-refractivity contribution in [2.45, 2.75) is 39.2 Å². The Morgan fingerprint density at radius 3 is 2.46 bits per heavy atom. The van der Waals surface area contributed by atoms with Crippen molar-refractivity contribution in [1.82, 2.24) is 10.3 Å². The number of hydrogen-bond acceptors (Lipinski definition) is 5. The van der Waals surface area contributed by atoms with Crippen LogP contribution < -0.4 is 10.6 Å². The van der Waals surface area contributed by atoms with E-state index in [-0.39, 0.29) is 17.2 Å². The lowest BCUT2D eigenvalue weighted by Crippen LogP contribution is -2.41. The zero-order valence-electron chi connectivity index (χ0n) is 16.3. The Morgan fingerprint density at radius 1 is 1.14 bits per heavy atom. The molecule has 0 spiro atoms. The number of nitrogens with zero attached hydrogens (tertiary/aromatic N) is 1. The highest BCUT2D eigenvalue weighted by molar-refractivity contribution is 7.14. The van der Waals surface area contributed by atoms with Crippen molar-refractivity contribution in [3.05, 3.63) is 59.2 Å². The Morgan fingerprint density at radius 2 is 1.86 bits per heavy atom. The predicted molar refractivity (Wildman–Crippen MR) is 111 cm³/mol.